The van der Waals surface area contributed by atoms with Crippen LogP contribution in [0.15, 0.2) is 12.7 Å². The van der Waals surface area contributed by atoms with E-state index in [1.807, 2.05) is 6.08 Å². The predicted molar refractivity (Wildman–Crippen MR) is 105 cm³/mol. The Morgan fingerprint density at radius 2 is 1.41 bits per heavy atom. The van der Waals surface area contributed by atoms with Crippen LogP contribution in [-0.2, 0) is 8.85 Å². The van der Waals surface area contributed by atoms with Gasteiger partial charge in [0.1, 0.15) is 0 Å². The van der Waals surface area contributed by atoms with Gasteiger partial charge in [0.25, 0.3) is 0 Å². The summed E-state index contributed by atoms with van der Waals surface area (Å²) < 4.78 is 12.8. The molecule has 0 unspecified atom stereocenters. The number of hydrogen-bond donors (Lipinski definition) is 0. The summed E-state index contributed by atoms with van der Waals surface area (Å²) in [6.45, 7) is 19.8. The van der Waals surface area contributed by atoms with Gasteiger partial charge in [0.15, 0.2) is 16.6 Å². The third-order valence-electron chi connectivity index (χ3n) is 3.38. The molecule has 0 aromatic heterocycles. The molecule has 0 aromatic rings. The fourth-order valence-electron chi connectivity index (χ4n) is 2.70. The van der Waals surface area contributed by atoms with Crippen LogP contribution in [-0.4, -0.2) is 28.8 Å². The second-order valence-corrected chi connectivity index (χ2v) is 17.2. The van der Waals surface area contributed by atoms with Crippen molar-refractivity contribution in [3.05, 3.63) is 12.7 Å². The molecule has 0 radical (unpaired) electrons. The second-order valence-electron chi connectivity index (χ2n) is 8.31. The van der Waals surface area contributed by atoms with E-state index in [2.05, 4.69) is 52.8 Å². The maximum Gasteiger partial charge on any atom is 0.184 e. The first kappa shape index (κ1) is 22.1. The smallest absolute Gasteiger partial charge is 0.184 e. The molecular weight excluding hydrogens is 304 g/mol. The van der Waals surface area contributed by atoms with Gasteiger partial charge >= 0.3 is 0 Å². The van der Waals surface area contributed by atoms with Gasteiger partial charge in [0.05, 0.1) is 6.10 Å². The van der Waals surface area contributed by atoms with Gasteiger partial charge in [-0.25, -0.2) is 0 Å². The molecule has 0 fully saturated rings. The van der Waals surface area contributed by atoms with Crippen LogP contribution in [0.1, 0.15) is 51.9 Å². The van der Waals surface area contributed by atoms with Crippen LogP contribution < -0.4 is 0 Å². The van der Waals surface area contributed by atoms with E-state index in [1.54, 1.807) is 0 Å². The van der Waals surface area contributed by atoms with Crippen LogP contribution in [0, 0.1) is 0 Å². The highest BCUT2D eigenvalue weighted by molar-refractivity contribution is 6.70. The molecular formula is C18H40O2Si2. The van der Waals surface area contributed by atoms with E-state index in [9.17, 15) is 0 Å². The molecule has 22 heavy (non-hydrogen) atoms. The molecule has 132 valence electrons. The zero-order chi connectivity index (χ0) is 17.2. The Hall–Kier alpha value is 0.0938. The zero-order valence-electron chi connectivity index (χ0n) is 16.2. The van der Waals surface area contributed by atoms with Crippen LogP contribution in [0.4, 0.5) is 0 Å². The number of unbranched alkanes of at least 4 members (excludes halogenated alkanes) is 3. The van der Waals surface area contributed by atoms with Crippen LogP contribution in [0.3, 0.4) is 0 Å². The van der Waals surface area contributed by atoms with Crippen molar-refractivity contribution in [3.8, 4) is 0 Å². The van der Waals surface area contributed by atoms with E-state index < -0.39 is 16.6 Å². The minimum absolute atomic E-state index is 0.275. The molecule has 0 saturated heterocycles. The van der Waals surface area contributed by atoms with Crippen LogP contribution >= 0.6 is 0 Å². The fraction of sp³-hybridized carbons (Fsp3) is 0.889. The molecule has 4 heteroatoms. The third-order valence-corrected chi connectivity index (χ3v) is 5.46. The van der Waals surface area contributed by atoms with Crippen molar-refractivity contribution in [2.75, 3.05) is 0 Å². The lowest BCUT2D eigenvalue weighted by atomic mass is 10.0. The van der Waals surface area contributed by atoms with Crippen molar-refractivity contribution in [2.24, 2.45) is 0 Å². The summed E-state index contributed by atoms with van der Waals surface area (Å²) >= 11 is 0. The minimum atomic E-state index is -1.52. The van der Waals surface area contributed by atoms with Gasteiger partial charge in [-0.1, -0.05) is 38.7 Å². The van der Waals surface area contributed by atoms with Gasteiger partial charge in [0, 0.05) is 6.10 Å². The summed E-state index contributed by atoms with van der Waals surface area (Å²) in [7, 11) is -3.03. The Kier molecular flexibility index (Phi) is 10.8. The van der Waals surface area contributed by atoms with E-state index >= 15 is 0 Å². The lowest BCUT2D eigenvalue weighted by Gasteiger charge is -2.32. The maximum atomic E-state index is 6.45. The molecule has 0 rings (SSSR count). The molecule has 0 aromatic carbocycles. The second kappa shape index (κ2) is 10.8. The predicted octanol–water partition coefficient (Wildman–Crippen LogP) is 6.36. The average Bonchev–Trinajstić information content (AvgIpc) is 2.30. The Balaban J connectivity index is 4.63. The quantitative estimate of drug-likeness (QED) is 0.220. The van der Waals surface area contributed by atoms with Crippen LogP contribution in [0.25, 0.3) is 0 Å². The number of rotatable bonds is 13. The average molecular weight is 345 g/mol. The Morgan fingerprint density at radius 1 is 0.864 bits per heavy atom. The lowest BCUT2D eigenvalue weighted by Crippen LogP contribution is -2.38. The molecule has 0 aliphatic rings. The van der Waals surface area contributed by atoms with Gasteiger partial charge in [-0.3, -0.25) is 0 Å². The van der Waals surface area contributed by atoms with Gasteiger partial charge in [0.2, 0.25) is 0 Å². The molecule has 0 aliphatic carbocycles. The molecule has 0 saturated carbocycles. The standard InChI is InChI=1S/C18H40O2Si2/c1-9-11-12-13-15-18(20-22(6,7)8)16-17(14-10-2)19-21(3,4)5/h10,17-18H,2,9,11-16H2,1,3-8H3/t17-,18+/m0/s1. The normalized spacial score (nSPS) is 15.6. The van der Waals surface area contributed by atoms with E-state index in [1.165, 1.54) is 32.1 Å². The molecule has 0 N–H and O–H groups in total. The molecule has 0 heterocycles. The molecule has 0 aliphatic heterocycles. The first-order valence-corrected chi connectivity index (χ1v) is 15.9. The third kappa shape index (κ3) is 13.7. The van der Waals surface area contributed by atoms with Crippen molar-refractivity contribution in [2.45, 2.75) is 103 Å². The van der Waals surface area contributed by atoms with Crippen molar-refractivity contribution < 1.29 is 8.85 Å². The van der Waals surface area contributed by atoms with Gasteiger partial charge in [-0.05, 0) is 58.5 Å². The molecule has 0 spiro atoms. The topological polar surface area (TPSA) is 18.5 Å². The van der Waals surface area contributed by atoms with Gasteiger partial charge < -0.3 is 8.85 Å². The summed E-state index contributed by atoms with van der Waals surface area (Å²) in [5.74, 6) is 0. The summed E-state index contributed by atoms with van der Waals surface area (Å²) in [4.78, 5) is 0. The highest BCUT2D eigenvalue weighted by atomic mass is 28.4. The molecule has 2 nitrogen and oxygen atoms in total. The lowest BCUT2D eigenvalue weighted by molar-refractivity contribution is 0.0960. The highest BCUT2D eigenvalue weighted by Crippen LogP contribution is 2.22. The molecule has 0 amide bonds. The minimum Gasteiger partial charge on any atom is -0.415 e. The SMILES string of the molecule is C=CC[C@@H](C[C@@H](CCCCCC)O[Si](C)(C)C)O[Si](C)(C)C. The first-order chi connectivity index (χ1) is 10.1. The van der Waals surface area contributed by atoms with Crippen molar-refractivity contribution >= 4 is 16.6 Å². The van der Waals surface area contributed by atoms with Crippen molar-refractivity contribution in [1.29, 1.82) is 0 Å². The van der Waals surface area contributed by atoms with Gasteiger partial charge in [-0.2, -0.15) is 0 Å². The van der Waals surface area contributed by atoms with Crippen molar-refractivity contribution in [3.63, 3.8) is 0 Å². The first-order valence-electron chi connectivity index (χ1n) is 9.04. The van der Waals surface area contributed by atoms with Crippen LogP contribution in [0.2, 0.25) is 39.3 Å². The highest BCUT2D eigenvalue weighted by Gasteiger charge is 2.26. The Labute approximate surface area is 141 Å². The van der Waals surface area contributed by atoms with E-state index in [0.29, 0.717) is 6.10 Å². The maximum absolute atomic E-state index is 6.45. The summed E-state index contributed by atoms with van der Waals surface area (Å²) in [5, 5.41) is 0. The summed E-state index contributed by atoms with van der Waals surface area (Å²) in [6.07, 6.45) is 11.0. The van der Waals surface area contributed by atoms with E-state index in [0.717, 1.165) is 12.8 Å². The largest absolute Gasteiger partial charge is 0.415 e. The van der Waals surface area contributed by atoms with Crippen LogP contribution in [0.5, 0.6) is 0 Å². The molecule has 2 atom stereocenters. The fourth-order valence-corrected chi connectivity index (χ4v) is 5.10. The Bertz CT molecular complexity index is 292. The van der Waals surface area contributed by atoms with Gasteiger partial charge in [-0.15, -0.1) is 6.58 Å². The summed E-state index contributed by atoms with van der Waals surface area (Å²) in [6, 6.07) is 0. The number of hydrogen-bond acceptors (Lipinski definition) is 2. The zero-order valence-corrected chi connectivity index (χ0v) is 18.2. The molecule has 0 bridgehead atoms. The van der Waals surface area contributed by atoms with Crippen molar-refractivity contribution in [1.82, 2.24) is 0 Å². The van der Waals surface area contributed by atoms with E-state index in [4.69, 9.17) is 8.85 Å². The summed E-state index contributed by atoms with van der Waals surface area (Å²) in [5.41, 5.74) is 0. The monoisotopic (exact) mass is 344 g/mol. The van der Waals surface area contributed by atoms with E-state index in [-0.39, 0.29) is 6.10 Å². The Morgan fingerprint density at radius 3 is 1.86 bits per heavy atom.